The third-order valence-electron chi connectivity index (χ3n) is 16.2. The maximum Gasteiger partial charge on any atom is 1.00 e. The molecule has 0 radical (unpaired) electrons. The number of phenols is 1. The summed E-state index contributed by atoms with van der Waals surface area (Å²) in [5, 5.41) is 38.6. The van der Waals surface area contributed by atoms with E-state index in [1.807, 2.05) is 170 Å². The van der Waals surface area contributed by atoms with Gasteiger partial charge in [0.25, 0.3) is 1.43 Å². The van der Waals surface area contributed by atoms with Gasteiger partial charge in [-0.1, -0.05) is 81.1 Å². The number of carbonyl (C=O) groups is 1. The first kappa shape index (κ1) is 82.8. The molecule has 0 aliphatic rings. The van der Waals surface area contributed by atoms with Crippen molar-refractivity contribution in [2.75, 3.05) is 0 Å². The molecule has 28 heteroatoms. The molecule has 19 aromatic rings. The van der Waals surface area contributed by atoms with Gasteiger partial charge in [0, 0.05) is 120 Å². The summed E-state index contributed by atoms with van der Waals surface area (Å²) in [7, 11) is 1.75. The largest absolute Gasteiger partial charge is 1.00 e. The average molecular weight is 1940 g/mol. The Balaban J connectivity index is 0.000000165. The number of hydrogen-bond acceptors (Lipinski definition) is 16. The van der Waals surface area contributed by atoms with Crippen molar-refractivity contribution < 1.29 is 167 Å². The predicted octanol–water partition coefficient (Wildman–Crippen LogP) is 15.0. The molecular weight excluding hydrogens is 1870 g/mol. The van der Waals surface area contributed by atoms with E-state index in [9.17, 15) is 9.50 Å². The van der Waals surface area contributed by atoms with Gasteiger partial charge in [0.15, 0.2) is 0 Å². The minimum Gasteiger partial charge on any atom is -0.508 e. The molecule has 108 heavy (non-hydrogen) atoms. The minimum atomic E-state index is 0. The minimum absolute atomic E-state index is 0. The number of H-pyrrole nitrogens is 1. The summed E-state index contributed by atoms with van der Waals surface area (Å²) < 4.78 is 32.1. The summed E-state index contributed by atoms with van der Waals surface area (Å²) in [5.41, 5.74) is 14.6. The monoisotopic (exact) mass is 1930 g/mol. The van der Waals surface area contributed by atoms with Gasteiger partial charge in [0.05, 0.1) is 71.8 Å². The van der Waals surface area contributed by atoms with Gasteiger partial charge in [-0.2, -0.15) is 22.5 Å². The van der Waals surface area contributed by atoms with Crippen LogP contribution in [0.4, 0.5) is 4.39 Å². The first-order chi connectivity index (χ1) is 51.3. The number of nitrogens with zero attached hydrogens (tertiary/aromatic N) is 15. The van der Waals surface area contributed by atoms with Crippen molar-refractivity contribution in [3.63, 3.8) is 0 Å². The van der Waals surface area contributed by atoms with Gasteiger partial charge in [0.1, 0.15) is 43.6 Å². The molecule has 0 saturated heterocycles. The Labute approximate surface area is 773 Å². The van der Waals surface area contributed by atoms with Crippen LogP contribution in [0.5, 0.6) is 17.4 Å². The second-order valence-corrected chi connectivity index (χ2v) is 26.0. The smallest absolute Gasteiger partial charge is 0.508 e. The molecule has 3 N–H and O–H groups in total. The normalized spacial score (nSPS) is 10.6. The van der Waals surface area contributed by atoms with Crippen LogP contribution in [0.3, 0.4) is 0 Å². The van der Waals surface area contributed by atoms with Gasteiger partial charge in [-0.3, -0.25) is 34.0 Å². The first-order valence-corrected chi connectivity index (χ1v) is 34.7. The zero-order valence-electron chi connectivity index (χ0n) is 58.1. The predicted molar refractivity (Wildman–Crippen MR) is 434 cm³/mol. The molecule has 0 spiro atoms. The van der Waals surface area contributed by atoms with E-state index in [-0.39, 0.29) is 165 Å². The Bertz CT molecular complexity index is 6330. The number of fused-ring (bicyclic) bond motifs is 18. The molecule has 19 rings (SSSR count). The quantitative estimate of drug-likeness (QED) is 0.0255. The topological polar surface area (TPSA) is 252 Å². The number of aromatic nitrogens is 16. The van der Waals surface area contributed by atoms with Crippen LogP contribution >= 0.6 is 66.1 Å². The summed E-state index contributed by atoms with van der Waals surface area (Å²) in [4.78, 5) is 47.5. The summed E-state index contributed by atoms with van der Waals surface area (Å²) in [6, 6.07) is 65.6. The first-order valence-electron chi connectivity index (χ1n) is 32.1. The molecule has 15 aromatic heterocycles. The molecule has 4 aromatic carbocycles. The van der Waals surface area contributed by atoms with Gasteiger partial charge in [-0.25, -0.2) is 39.2 Å². The maximum absolute atomic E-state index is 9.79. The third-order valence-corrected chi connectivity index (χ3v) is 18.7. The number of ether oxygens (including phenoxy) is 1. The molecule has 0 saturated carbocycles. The van der Waals surface area contributed by atoms with E-state index in [0.717, 1.165) is 146 Å². The van der Waals surface area contributed by atoms with E-state index in [2.05, 4.69) is 191 Å². The average Bonchev–Trinajstić information content (AvgIpc) is 1.75. The van der Waals surface area contributed by atoms with E-state index < -0.39 is 0 Å². The summed E-state index contributed by atoms with van der Waals surface area (Å²) in [6.07, 6.45) is 14.2. The third kappa shape index (κ3) is 18.7. The zero-order chi connectivity index (χ0) is 73.1. The molecule has 15 heterocycles. The SMILES string of the molecule is C.C.Cc1cc(-c2cccc(Br)n2)n[nH]1.Cc1cc2c3nc(Br)ccc3c3cnccc3n2n1.Cc1cc2c3nc(Oc4ccc5c6ccccc6n(-c6ccccn6)c5c4)ccc3c3cnccc3n2n1.Clc1cnccc1I.Oc1ccc2c3ccccc3n(-c3ccccn3)c2c1.[2H]OOC=O.[CH2-]F.[Cs+].[Cs+]. The van der Waals surface area contributed by atoms with Gasteiger partial charge in [-0.15, -0.1) is 0 Å². The fourth-order valence-corrected chi connectivity index (χ4v) is 13.1. The van der Waals surface area contributed by atoms with Crippen molar-refractivity contribution in [2.45, 2.75) is 35.6 Å². The van der Waals surface area contributed by atoms with Crippen molar-refractivity contribution in [1.29, 1.82) is 1.43 Å². The summed E-state index contributed by atoms with van der Waals surface area (Å²) >= 11 is 14.5. The number of pyridine rings is 10. The van der Waals surface area contributed by atoms with Gasteiger partial charge in [0.2, 0.25) is 5.88 Å². The van der Waals surface area contributed by atoms with Crippen LogP contribution in [-0.4, -0.2) is 95.3 Å². The summed E-state index contributed by atoms with van der Waals surface area (Å²) in [6.45, 7) is 5.97. The van der Waals surface area contributed by atoms with Gasteiger partial charge < -0.3 is 19.1 Å². The molecule has 0 amide bonds. The molecule has 21 nitrogen and oxygen atoms in total. The Morgan fingerprint density at radius 3 is 1.56 bits per heavy atom. The van der Waals surface area contributed by atoms with Gasteiger partial charge in [-0.05, 0) is 203 Å². The number of para-hydroxylation sites is 2. The molecule has 0 fully saturated rings. The molecule has 0 aliphatic carbocycles. The second kappa shape index (κ2) is 39.3. The van der Waals surface area contributed by atoms with Crippen LogP contribution in [0.1, 0.15) is 31.9 Å². The van der Waals surface area contributed by atoms with Crippen LogP contribution in [0.25, 0.3) is 123 Å². The van der Waals surface area contributed by atoms with E-state index in [4.69, 9.17) is 32.6 Å². The molecule has 0 unspecified atom stereocenters. The number of nitrogens with one attached hydrogen (secondary N) is 1. The Morgan fingerprint density at radius 1 is 0.519 bits per heavy atom. The standard InChI is InChI=1S/C31H20N6O.C17H12N2O.C14H9BrN4.C9H8BrN3.C5H3ClIN.CH2F.CH2O3.2CH4.2Cs/c1-19-16-28-31-23(24-18-32-15-13-26(24)37(28)35-19)11-12-30(34-31)38-20-9-10-22-21-6-2-3-7-25(21)36(27(22)17-20)29-8-4-5-14-33-29;20-12-8-9-14-13-5-1-2-6-15(13)19(16(14)11-12)17-7-3-4-10-18-17;1-8-6-12-14-9(2-3-13(15)17-14)10-7-16-5-4-11(10)19(12)18-8;1-6-5-8(13-12-6)7-3-2-4-9(10)11-7;6-4-3-8-2-1-5(4)7;1-2;2-1-4-3;;;;/h2-18H,1H3;1-11,20H;2-7H,1H3;2-5H,1H3,(H,12,13);1-3H;1H2;1,3H;2*1H4;;/q;;;;;-1;;;;2*+1/i/hD. The number of carbonyl (C=O) groups excluding carboxylic acids is 1. The van der Waals surface area contributed by atoms with Gasteiger partial charge >= 0.3 is 144 Å². The van der Waals surface area contributed by atoms with Crippen LogP contribution < -0.4 is 143 Å². The van der Waals surface area contributed by atoms with Crippen LogP contribution in [0.15, 0.2) is 259 Å². The van der Waals surface area contributed by atoms with Crippen molar-refractivity contribution in [3.05, 3.63) is 292 Å². The number of hydrogen-bond donors (Lipinski definition) is 3. The number of rotatable bonds is 7. The van der Waals surface area contributed by atoms with Crippen LogP contribution in [0.2, 0.25) is 5.02 Å². The number of halogens is 5. The zero-order valence-corrected chi connectivity index (χ0v) is 75.8. The van der Waals surface area contributed by atoms with Crippen molar-refractivity contribution in [3.8, 4) is 40.4 Å². The Hall–Kier alpha value is -7.65. The van der Waals surface area contributed by atoms with Crippen molar-refractivity contribution in [2.24, 2.45) is 0 Å². The van der Waals surface area contributed by atoms with Crippen molar-refractivity contribution >= 4 is 171 Å². The second-order valence-electron chi connectivity index (χ2n) is 22.9. The fourth-order valence-electron chi connectivity index (χ4n) is 12.0. The number of benzene rings is 4. The molecule has 530 valence electrons. The van der Waals surface area contributed by atoms with Crippen LogP contribution in [-0.2, 0) is 9.68 Å². The van der Waals surface area contributed by atoms with E-state index in [0.29, 0.717) is 16.7 Å². The summed E-state index contributed by atoms with van der Waals surface area (Å²) in [5.74, 6) is 3.19. The molecular formula is C80H64Br2ClCs2FIN16O5+. The number of aromatic hydroxyl groups is 1. The number of aryl methyl sites for hydroxylation is 3. The maximum atomic E-state index is 9.79. The van der Waals surface area contributed by atoms with E-state index in [1.165, 1.54) is 5.39 Å². The van der Waals surface area contributed by atoms with E-state index in [1.54, 1.807) is 50.3 Å². The van der Waals surface area contributed by atoms with Crippen molar-refractivity contribution in [1.82, 2.24) is 78.4 Å². The molecule has 0 bridgehead atoms. The number of phenolic OH excluding ortho intramolecular Hbond substituents is 1. The number of aromatic amines is 1. The van der Waals surface area contributed by atoms with E-state index >= 15 is 0 Å². The molecule has 0 aliphatic heterocycles. The molecule has 0 atom stereocenters. The fraction of sp³-hybridized carbons (Fsp3) is 0.0625. The Morgan fingerprint density at radius 2 is 1.04 bits per heavy atom. The van der Waals surface area contributed by atoms with Crippen LogP contribution in [0, 0.1) is 31.5 Å². The Kier molecular flexibility index (Phi) is 30.2.